The molecule has 0 amide bonds. The number of carboxylic acid groups (broad SMARTS) is 1. The molecule has 0 unspecified atom stereocenters. The van der Waals surface area contributed by atoms with Gasteiger partial charge in [-0.2, -0.15) is 0 Å². The molecule has 0 spiro atoms. The first kappa shape index (κ1) is 11.1. The number of nitrogen functional groups attached to an aromatic ring is 1. The molecule has 2 rings (SSSR count). The summed E-state index contributed by atoms with van der Waals surface area (Å²) in [5.74, 6) is -0.745. The highest BCUT2D eigenvalue weighted by molar-refractivity contribution is 6.03. The van der Waals surface area contributed by atoms with Gasteiger partial charge in [0.2, 0.25) is 5.88 Å². The Kier molecular flexibility index (Phi) is 2.55. The first-order chi connectivity index (χ1) is 8.04. The maximum atomic E-state index is 11.1. The summed E-state index contributed by atoms with van der Waals surface area (Å²) in [4.78, 5) is 19.3. The highest BCUT2D eigenvalue weighted by Gasteiger charge is 2.17. The molecular weight excluding hydrogens is 222 g/mol. The maximum Gasteiger partial charge on any atom is 0.339 e. The third-order valence-electron chi connectivity index (χ3n) is 2.45. The second-order valence-electron chi connectivity index (χ2n) is 3.51. The monoisotopic (exact) mass is 233 g/mol. The second-order valence-corrected chi connectivity index (χ2v) is 3.51. The third-order valence-corrected chi connectivity index (χ3v) is 2.45. The molecule has 0 fully saturated rings. The summed E-state index contributed by atoms with van der Waals surface area (Å²) in [6, 6.07) is 3.34. The van der Waals surface area contributed by atoms with Crippen molar-refractivity contribution in [2.45, 2.75) is 6.92 Å². The highest BCUT2D eigenvalue weighted by Crippen LogP contribution is 2.25. The van der Waals surface area contributed by atoms with Crippen LogP contribution in [0.1, 0.15) is 16.1 Å². The number of carbonyl (C=O) groups is 1. The first-order valence-electron chi connectivity index (χ1n) is 4.88. The minimum Gasteiger partial charge on any atom is -0.481 e. The number of nitrogens with zero attached hydrogens (tertiary/aromatic N) is 2. The van der Waals surface area contributed by atoms with Gasteiger partial charge in [0.25, 0.3) is 0 Å². The average molecular weight is 233 g/mol. The molecule has 0 aliphatic carbocycles. The molecule has 0 radical (unpaired) electrons. The van der Waals surface area contributed by atoms with Crippen LogP contribution in [0.2, 0.25) is 0 Å². The van der Waals surface area contributed by atoms with Gasteiger partial charge in [0.15, 0.2) is 0 Å². The third kappa shape index (κ3) is 1.73. The van der Waals surface area contributed by atoms with Gasteiger partial charge >= 0.3 is 5.97 Å². The molecule has 0 aromatic carbocycles. The van der Waals surface area contributed by atoms with Crippen LogP contribution in [-0.4, -0.2) is 28.2 Å². The number of hydrogen-bond donors (Lipinski definition) is 2. The van der Waals surface area contributed by atoms with Crippen molar-refractivity contribution in [2.75, 3.05) is 12.8 Å². The van der Waals surface area contributed by atoms with E-state index in [0.717, 1.165) is 0 Å². The Labute approximate surface area is 97.1 Å². The Bertz CT molecular complexity index is 610. The standard InChI is InChI=1S/C11H11N3O3/c1-5-8(11(15)16)9(12)10-6(13-5)3-4-7(14-10)17-2/h3-4H,1-2H3,(H2,12,13)(H,15,16). The van der Waals surface area contributed by atoms with E-state index in [9.17, 15) is 4.79 Å². The molecule has 6 heteroatoms. The summed E-state index contributed by atoms with van der Waals surface area (Å²) in [5, 5.41) is 9.05. The van der Waals surface area contributed by atoms with Crippen LogP contribution < -0.4 is 10.5 Å². The smallest absolute Gasteiger partial charge is 0.339 e. The Balaban J connectivity index is 2.83. The van der Waals surface area contributed by atoms with Crippen LogP contribution in [0.25, 0.3) is 11.0 Å². The molecular formula is C11H11N3O3. The lowest BCUT2D eigenvalue weighted by molar-refractivity contribution is 0.0697. The van der Waals surface area contributed by atoms with Gasteiger partial charge in [-0.1, -0.05) is 0 Å². The lowest BCUT2D eigenvalue weighted by Gasteiger charge is -2.08. The zero-order valence-corrected chi connectivity index (χ0v) is 9.39. The zero-order valence-electron chi connectivity index (χ0n) is 9.39. The second kappa shape index (κ2) is 3.89. The van der Waals surface area contributed by atoms with E-state index in [1.807, 2.05) is 0 Å². The molecule has 2 aromatic rings. The first-order valence-corrected chi connectivity index (χ1v) is 4.88. The molecule has 0 aliphatic rings. The fourth-order valence-corrected chi connectivity index (χ4v) is 1.66. The summed E-state index contributed by atoms with van der Waals surface area (Å²) in [5.41, 5.74) is 7.16. The lowest BCUT2D eigenvalue weighted by atomic mass is 10.1. The van der Waals surface area contributed by atoms with Crippen LogP contribution in [0.15, 0.2) is 12.1 Å². The van der Waals surface area contributed by atoms with Crippen LogP contribution in [0.5, 0.6) is 5.88 Å². The number of carboxylic acids is 1. The number of pyridine rings is 2. The van der Waals surface area contributed by atoms with Crippen LogP contribution in [-0.2, 0) is 0 Å². The van der Waals surface area contributed by atoms with E-state index in [1.54, 1.807) is 19.1 Å². The number of aromatic nitrogens is 2. The largest absolute Gasteiger partial charge is 0.481 e. The summed E-state index contributed by atoms with van der Waals surface area (Å²) in [6.07, 6.45) is 0. The number of rotatable bonds is 2. The van der Waals surface area contributed by atoms with Crippen molar-refractivity contribution in [2.24, 2.45) is 0 Å². The number of hydrogen-bond acceptors (Lipinski definition) is 5. The minimum absolute atomic E-state index is 0.0155. The summed E-state index contributed by atoms with van der Waals surface area (Å²) >= 11 is 0. The van der Waals surface area contributed by atoms with E-state index < -0.39 is 5.97 Å². The molecule has 2 aromatic heterocycles. The molecule has 2 heterocycles. The van der Waals surface area contributed by atoms with Gasteiger partial charge in [0.05, 0.1) is 24.0 Å². The topological polar surface area (TPSA) is 98.3 Å². The molecule has 0 aliphatic heterocycles. The molecule has 88 valence electrons. The van der Waals surface area contributed by atoms with Crippen molar-refractivity contribution < 1.29 is 14.6 Å². The number of aryl methyl sites for hydroxylation is 1. The number of aromatic carboxylic acids is 1. The van der Waals surface area contributed by atoms with Crippen molar-refractivity contribution in [1.29, 1.82) is 0 Å². The Hall–Kier alpha value is -2.37. The van der Waals surface area contributed by atoms with Crippen molar-refractivity contribution in [3.8, 4) is 5.88 Å². The van der Waals surface area contributed by atoms with Crippen molar-refractivity contribution in [3.63, 3.8) is 0 Å². The van der Waals surface area contributed by atoms with Crippen molar-refractivity contribution in [1.82, 2.24) is 9.97 Å². The van der Waals surface area contributed by atoms with Gasteiger partial charge < -0.3 is 15.6 Å². The SMILES string of the molecule is COc1ccc2nc(C)c(C(=O)O)c(N)c2n1. The van der Waals surface area contributed by atoms with Crippen molar-refractivity contribution in [3.05, 3.63) is 23.4 Å². The Morgan fingerprint density at radius 1 is 1.41 bits per heavy atom. The zero-order chi connectivity index (χ0) is 12.6. The van der Waals surface area contributed by atoms with Crippen molar-refractivity contribution >= 4 is 22.7 Å². The van der Waals surface area contributed by atoms with Crippen LogP contribution >= 0.6 is 0 Å². The Morgan fingerprint density at radius 2 is 2.12 bits per heavy atom. The van der Waals surface area contributed by atoms with Crippen LogP contribution in [0.4, 0.5) is 5.69 Å². The number of nitrogens with two attached hydrogens (primary N) is 1. The number of fused-ring (bicyclic) bond motifs is 1. The fourth-order valence-electron chi connectivity index (χ4n) is 1.66. The van der Waals surface area contributed by atoms with E-state index in [0.29, 0.717) is 22.6 Å². The molecule has 0 saturated carbocycles. The van der Waals surface area contributed by atoms with Crippen LogP contribution in [0.3, 0.4) is 0 Å². The van der Waals surface area contributed by atoms with Gasteiger partial charge in [0, 0.05) is 6.07 Å². The lowest BCUT2D eigenvalue weighted by Crippen LogP contribution is -2.08. The van der Waals surface area contributed by atoms with E-state index in [1.165, 1.54) is 7.11 Å². The molecule has 17 heavy (non-hydrogen) atoms. The van der Waals surface area contributed by atoms with E-state index in [-0.39, 0.29) is 11.3 Å². The average Bonchev–Trinajstić information content (AvgIpc) is 2.28. The quantitative estimate of drug-likeness (QED) is 0.809. The summed E-state index contributed by atoms with van der Waals surface area (Å²) in [7, 11) is 1.48. The van der Waals surface area contributed by atoms with E-state index >= 15 is 0 Å². The molecule has 0 atom stereocenters. The Morgan fingerprint density at radius 3 is 2.71 bits per heavy atom. The number of ether oxygens (including phenoxy) is 1. The number of anilines is 1. The predicted octanol–water partition coefficient (Wildman–Crippen LogP) is 1.23. The van der Waals surface area contributed by atoms with E-state index in [2.05, 4.69) is 9.97 Å². The summed E-state index contributed by atoms with van der Waals surface area (Å²) in [6.45, 7) is 1.60. The van der Waals surface area contributed by atoms with Gasteiger partial charge in [-0.15, -0.1) is 0 Å². The maximum absolute atomic E-state index is 11.1. The van der Waals surface area contributed by atoms with Gasteiger partial charge in [-0.25, -0.2) is 9.78 Å². The molecule has 6 nitrogen and oxygen atoms in total. The highest BCUT2D eigenvalue weighted by atomic mass is 16.5. The number of methoxy groups -OCH3 is 1. The molecule has 0 saturated heterocycles. The fraction of sp³-hybridized carbons (Fsp3) is 0.182. The van der Waals surface area contributed by atoms with Gasteiger partial charge in [-0.05, 0) is 13.0 Å². The van der Waals surface area contributed by atoms with Crippen LogP contribution in [0, 0.1) is 6.92 Å². The molecule has 3 N–H and O–H groups in total. The predicted molar refractivity (Wildman–Crippen MR) is 62.2 cm³/mol. The molecule has 0 bridgehead atoms. The van der Waals surface area contributed by atoms with E-state index in [4.69, 9.17) is 15.6 Å². The van der Waals surface area contributed by atoms with Gasteiger partial charge in [0.1, 0.15) is 11.1 Å². The van der Waals surface area contributed by atoms with Gasteiger partial charge in [-0.3, -0.25) is 4.98 Å². The normalized spacial score (nSPS) is 10.5. The summed E-state index contributed by atoms with van der Waals surface area (Å²) < 4.78 is 4.97. The minimum atomic E-state index is -1.11.